The van der Waals surface area contributed by atoms with E-state index in [2.05, 4.69) is 35.8 Å². The average Bonchev–Trinajstić information content (AvgIpc) is 2.59. The molecule has 25 heavy (non-hydrogen) atoms. The molecule has 2 aromatic carbocycles. The maximum atomic E-state index is 12.0. The normalized spacial score (nSPS) is 11.8. The number of amides is 1. The van der Waals surface area contributed by atoms with E-state index in [9.17, 15) is 4.79 Å². The van der Waals surface area contributed by atoms with Crippen LogP contribution in [0.4, 0.5) is 0 Å². The third-order valence-corrected chi connectivity index (χ3v) is 4.55. The van der Waals surface area contributed by atoms with E-state index in [0.29, 0.717) is 19.7 Å². The van der Waals surface area contributed by atoms with Crippen LogP contribution in [0.15, 0.2) is 53.4 Å². The van der Waals surface area contributed by atoms with Crippen molar-refractivity contribution in [2.24, 2.45) is 0 Å². The second-order valence-electron chi connectivity index (χ2n) is 6.17. The fourth-order valence-corrected chi connectivity index (χ4v) is 2.96. The quantitative estimate of drug-likeness (QED) is 0.531. The van der Waals surface area contributed by atoms with E-state index in [1.807, 2.05) is 38.2 Å². The van der Waals surface area contributed by atoms with Gasteiger partial charge in [-0.2, -0.15) is 0 Å². The summed E-state index contributed by atoms with van der Waals surface area (Å²) in [5.74, 6) is 0.886. The Kier molecular flexibility index (Phi) is 7.82. The molecule has 0 saturated carbocycles. The van der Waals surface area contributed by atoms with E-state index in [1.165, 1.54) is 10.5 Å². The summed E-state index contributed by atoms with van der Waals surface area (Å²) in [7, 11) is 2.03. The van der Waals surface area contributed by atoms with Gasteiger partial charge < -0.3 is 15.0 Å². The van der Waals surface area contributed by atoms with Gasteiger partial charge in [0, 0.05) is 10.5 Å². The second-order valence-corrected chi connectivity index (χ2v) is 7.05. The van der Waals surface area contributed by atoms with Crippen molar-refractivity contribution in [3.63, 3.8) is 0 Å². The zero-order chi connectivity index (χ0) is 18.1. The number of nitrogens with one attached hydrogen (secondary N) is 2. The van der Waals surface area contributed by atoms with Crippen molar-refractivity contribution in [3.8, 4) is 5.75 Å². The molecule has 0 saturated heterocycles. The minimum atomic E-state index is 0.0473. The molecule has 1 atom stereocenters. The van der Waals surface area contributed by atoms with Gasteiger partial charge in [-0.05, 0) is 43.0 Å². The van der Waals surface area contributed by atoms with E-state index in [1.54, 1.807) is 11.8 Å². The van der Waals surface area contributed by atoms with Crippen LogP contribution >= 0.6 is 11.8 Å². The van der Waals surface area contributed by atoms with E-state index in [-0.39, 0.29) is 5.91 Å². The first-order chi connectivity index (χ1) is 12.1. The molecule has 0 aromatic heterocycles. The third-order valence-electron chi connectivity index (χ3n) is 3.81. The lowest BCUT2D eigenvalue weighted by molar-refractivity contribution is -0.885. The van der Waals surface area contributed by atoms with Crippen LogP contribution in [-0.2, 0) is 11.3 Å². The number of benzene rings is 2. The van der Waals surface area contributed by atoms with Gasteiger partial charge in [-0.3, -0.25) is 4.79 Å². The number of quaternary nitrogens is 1. The van der Waals surface area contributed by atoms with Gasteiger partial charge in [-0.1, -0.05) is 24.3 Å². The lowest BCUT2D eigenvalue weighted by Gasteiger charge is -2.14. The molecule has 0 aliphatic carbocycles. The number of hydrogen-bond acceptors (Lipinski definition) is 3. The maximum Gasteiger partial charge on any atom is 0.275 e. The van der Waals surface area contributed by atoms with Gasteiger partial charge in [-0.25, -0.2) is 0 Å². The largest absolute Gasteiger partial charge is 0.492 e. The predicted octanol–water partition coefficient (Wildman–Crippen LogP) is 1.93. The lowest BCUT2D eigenvalue weighted by Crippen LogP contribution is -3.08. The molecule has 2 rings (SSSR count). The molecule has 2 N–H and O–H groups in total. The first-order valence-electron chi connectivity index (χ1n) is 8.47. The molecular formula is C20H27N2O2S+. The van der Waals surface area contributed by atoms with Crippen LogP contribution in [0.3, 0.4) is 0 Å². The SMILES string of the molecule is CSc1ccc(C[NH+](C)CC(=O)NCCOc2cccc(C)c2)cc1. The van der Waals surface area contributed by atoms with Gasteiger partial charge in [0.05, 0.1) is 13.6 Å². The molecule has 4 nitrogen and oxygen atoms in total. The Balaban J connectivity index is 1.65. The molecule has 0 aliphatic rings. The Morgan fingerprint density at radius 3 is 2.64 bits per heavy atom. The van der Waals surface area contributed by atoms with Crippen LogP contribution in [0.25, 0.3) is 0 Å². The van der Waals surface area contributed by atoms with Crippen LogP contribution < -0.4 is 15.0 Å². The van der Waals surface area contributed by atoms with Gasteiger partial charge in [0.25, 0.3) is 5.91 Å². The van der Waals surface area contributed by atoms with Crippen LogP contribution in [0, 0.1) is 6.92 Å². The van der Waals surface area contributed by atoms with Crippen molar-refractivity contribution in [2.75, 3.05) is 33.0 Å². The zero-order valence-electron chi connectivity index (χ0n) is 15.2. The van der Waals surface area contributed by atoms with E-state index < -0.39 is 0 Å². The van der Waals surface area contributed by atoms with Crippen LogP contribution in [0.5, 0.6) is 5.75 Å². The van der Waals surface area contributed by atoms with Crippen molar-refractivity contribution >= 4 is 17.7 Å². The fraction of sp³-hybridized carbons (Fsp3) is 0.350. The van der Waals surface area contributed by atoms with Crippen molar-refractivity contribution in [1.82, 2.24) is 5.32 Å². The van der Waals surface area contributed by atoms with Crippen LogP contribution in [-0.4, -0.2) is 38.9 Å². The number of ether oxygens (including phenoxy) is 1. The number of aryl methyl sites for hydroxylation is 1. The maximum absolute atomic E-state index is 12.0. The molecule has 0 aliphatic heterocycles. The summed E-state index contributed by atoms with van der Waals surface area (Å²) in [5.41, 5.74) is 2.41. The number of rotatable bonds is 9. The number of hydrogen-bond donors (Lipinski definition) is 2. The Hall–Kier alpha value is -1.98. The molecule has 1 unspecified atom stereocenters. The summed E-state index contributed by atoms with van der Waals surface area (Å²) >= 11 is 1.73. The first-order valence-corrected chi connectivity index (χ1v) is 9.69. The molecule has 0 bridgehead atoms. The molecule has 1 amide bonds. The molecule has 0 radical (unpaired) electrons. The fourth-order valence-electron chi connectivity index (χ4n) is 2.56. The van der Waals surface area contributed by atoms with Crippen LogP contribution in [0.1, 0.15) is 11.1 Å². The van der Waals surface area contributed by atoms with Gasteiger partial charge in [0.15, 0.2) is 6.54 Å². The van der Waals surface area contributed by atoms with Gasteiger partial charge in [0.2, 0.25) is 0 Å². The minimum Gasteiger partial charge on any atom is -0.492 e. The number of carbonyl (C=O) groups is 1. The molecule has 0 heterocycles. The second kappa shape index (κ2) is 10.1. The van der Waals surface area contributed by atoms with E-state index in [4.69, 9.17) is 4.74 Å². The van der Waals surface area contributed by atoms with Crippen molar-refractivity contribution in [3.05, 3.63) is 59.7 Å². The smallest absolute Gasteiger partial charge is 0.275 e. The van der Waals surface area contributed by atoms with E-state index in [0.717, 1.165) is 22.8 Å². The van der Waals surface area contributed by atoms with E-state index >= 15 is 0 Å². The molecule has 0 fully saturated rings. The third kappa shape index (κ3) is 7.20. The molecule has 134 valence electrons. The number of carbonyl (C=O) groups excluding carboxylic acids is 1. The van der Waals surface area contributed by atoms with Crippen molar-refractivity contribution in [1.29, 1.82) is 0 Å². The summed E-state index contributed by atoms with van der Waals surface area (Å²) in [6.45, 7) is 4.31. The minimum absolute atomic E-state index is 0.0473. The highest BCUT2D eigenvalue weighted by atomic mass is 32.2. The van der Waals surface area contributed by atoms with Crippen molar-refractivity contribution in [2.45, 2.75) is 18.4 Å². The van der Waals surface area contributed by atoms with Gasteiger partial charge >= 0.3 is 0 Å². The summed E-state index contributed by atoms with van der Waals surface area (Å²) in [4.78, 5) is 14.4. The molecule has 0 spiro atoms. The Morgan fingerprint density at radius 1 is 1.20 bits per heavy atom. The highest BCUT2D eigenvalue weighted by Crippen LogP contribution is 2.14. The molecule has 2 aromatic rings. The molecule has 5 heteroatoms. The Bertz CT molecular complexity index is 674. The molecular weight excluding hydrogens is 332 g/mol. The Morgan fingerprint density at radius 2 is 1.96 bits per heavy atom. The Labute approximate surface area is 154 Å². The number of likely N-dealkylation sites (N-methyl/N-ethyl adjacent to an activating group) is 1. The summed E-state index contributed by atoms with van der Waals surface area (Å²) in [5, 5.41) is 2.91. The highest BCUT2D eigenvalue weighted by molar-refractivity contribution is 7.98. The average molecular weight is 360 g/mol. The highest BCUT2D eigenvalue weighted by Gasteiger charge is 2.10. The first kappa shape index (κ1) is 19.3. The summed E-state index contributed by atoms with van der Waals surface area (Å²) in [6.07, 6.45) is 2.07. The van der Waals surface area contributed by atoms with Gasteiger partial charge in [-0.15, -0.1) is 11.8 Å². The standard InChI is InChI=1S/C20H26N2O2S/c1-16-5-4-6-18(13-16)24-12-11-21-20(23)15-22(2)14-17-7-9-19(25-3)10-8-17/h4-10,13H,11-12,14-15H2,1-3H3,(H,21,23)/p+1. The summed E-state index contributed by atoms with van der Waals surface area (Å²) in [6, 6.07) is 16.4. The van der Waals surface area contributed by atoms with Gasteiger partial charge in [0.1, 0.15) is 18.9 Å². The number of thioether (sulfide) groups is 1. The zero-order valence-corrected chi connectivity index (χ0v) is 16.0. The van der Waals surface area contributed by atoms with Crippen molar-refractivity contribution < 1.29 is 14.4 Å². The monoisotopic (exact) mass is 359 g/mol. The lowest BCUT2D eigenvalue weighted by atomic mass is 10.2. The van der Waals surface area contributed by atoms with Crippen LogP contribution in [0.2, 0.25) is 0 Å². The predicted molar refractivity (Wildman–Crippen MR) is 103 cm³/mol. The summed E-state index contributed by atoms with van der Waals surface area (Å²) < 4.78 is 5.64. The topological polar surface area (TPSA) is 42.8 Å².